The van der Waals surface area contributed by atoms with Crippen LogP contribution in [0.2, 0.25) is 0 Å². The average Bonchev–Trinajstić information content (AvgIpc) is 3.29. The second-order valence-corrected chi connectivity index (χ2v) is 9.28. The molecule has 0 aromatic carbocycles. The molecule has 0 amide bonds. The molecule has 0 saturated carbocycles. The number of nitrogens with zero attached hydrogens (tertiary/aromatic N) is 4. The van der Waals surface area contributed by atoms with E-state index in [1.807, 2.05) is 22.6 Å². The van der Waals surface area contributed by atoms with Gasteiger partial charge < -0.3 is 51.6 Å². The summed E-state index contributed by atoms with van der Waals surface area (Å²) in [6.45, 7) is 0.743. The molecule has 10 N–H and O–H groups in total. The first-order valence-electron chi connectivity index (χ1n) is 10.6. The summed E-state index contributed by atoms with van der Waals surface area (Å²) in [5.41, 5.74) is 10.1. The summed E-state index contributed by atoms with van der Waals surface area (Å²) in [5, 5.41) is 56.7. The number of nitrogens with two attached hydrogens (primary N) is 2. The monoisotopic (exact) mass is 626 g/mol. The van der Waals surface area contributed by atoms with Crippen LogP contribution in [-0.2, 0) is 9.47 Å². The van der Waals surface area contributed by atoms with Gasteiger partial charge in [-0.15, -0.1) is 0 Å². The number of anilines is 2. The number of aryl methyl sites for hydroxylation is 1. The number of ether oxygens (including phenoxy) is 2. The van der Waals surface area contributed by atoms with Crippen molar-refractivity contribution in [1.82, 2.24) is 19.1 Å². The molecule has 0 bridgehead atoms. The lowest BCUT2D eigenvalue weighted by atomic mass is 10.1. The van der Waals surface area contributed by atoms with E-state index in [1.165, 1.54) is 12.4 Å². The van der Waals surface area contributed by atoms with Gasteiger partial charge in [-0.3, -0.25) is 9.13 Å². The van der Waals surface area contributed by atoms with Crippen LogP contribution in [0.5, 0.6) is 0 Å². The van der Waals surface area contributed by atoms with Gasteiger partial charge in [0.15, 0.2) is 12.5 Å². The van der Waals surface area contributed by atoms with E-state index in [-0.39, 0.29) is 11.6 Å². The highest BCUT2D eigenvalue weighted by Crippen LogP contribution is 2.29. The first kappa shape index (κ1) is 28.3. The summed E-state index contributed by atoms with van der Waals surface area (Å²) in [6, 6.07) is 0. The van der Waals surface area contributed by atoms with Gasteiger partial charge in [-0.05, 0) is 29.5 Å². The third-order valence-corrected chi connectivity index (χ3v) is 6.52. The molecule has 2 aromatic heterocycles. The first-order valence-corrected chi connectivity index (χ1v) is 11.6. The van der Waals surface area contributed by atoms with Crippen molar-refractivity contribution in [3.05, 3.63) is 42.5 Å². The topological polar surface area (TPSA) is 262 Å². The fraction of sp³-hybridized carbons (Fsp3) is 0.579. The van der Waals surface area contributed by atoms with E-state index in [0.717, 1.165) is 9.13 Å². The van der Waals surface area contributed by atoms with Crippen LogP contribution < -0.4 is 22.8 Å². The lowest BCUT2D eigenvalue weighted by Gasteiger charge is -2.17. The zero-order valence-electron chi connectivity index (χ0n) is 18.8. The van der Waals surface area contributed by atoms with Crippen molar-refractivity contribution in [3.8, 4) is 0 Å². The van der Waals surface area contributed by atoms with Gasteiger partial charge in [0, 0.05) is 18.0 Å². The number of aromatic nitrogens is 4. The predicted molar refractivity (Wildman–Crippen MR) is 129 cm³/mol. The van der Waals surface area contributed by atoms with Gasteiger partial charge in [0.25, 0.3) is 0 Å². The largest absolute Gasteiger partial charge is 0.394 e. The highest BCUT2D eigenvalue weighted by atomic mass is 127. The predicted octanol–water partition coefficient (Wildman–Crippen LogP) is -4.21. The quantitative estimate of drug-likeness (QED) is 0.150. The zero-order valence-corrected chi connectivity index (χ0v) is 21.0. The van der Waals surface area contributed by atoms with E-state index >= 15 is 0 Å². The Morgan fingerprint density at radius 2 is 1.25 bits per heavy atom. The van der Waals surface area contributed by atoms with Crippen LogP contribution >= 0.6 is 22.6 Å². The van der Waals surface area contributed by atoms with Gasteiger partial charge in [-0.2, -0.15) is 9.97 Å². The van der Waals surface area contributed by atoms with Gasteiger partial charge >= 0.3 is 11.4 Å². The first-order chi connectivity index (χ1) is 16.9. The van der Waals surface area contributed by atoms with Gasteiger partial charge in [0.05, 0.1) is 16.8 Å². The molecule has 4 heterocycles. The summed E-state index contributed by atoms with van der Waals surface area (Å²) in [7, 11) is 0. The van der Waals surface area contributed by atoms with E-state index in [9.17, 15) is 30.0 Å². The summed E-state index contributed by atoms with van der Waals surface area (Å²) in [5.74, 6) is 0.187. The summed E-state index contributed by atoms with van der Waals surface area (Å²) in [4.78, 5) is 30.5. The number of aliphatic hydroxyl groups excluding tert-OH is 6. The van der Waals surface area contributed by atoms with Crippen molar-refractivity contribution < 1.29 is 40.1 Å². The Morgan fingerprint density at radius 3 is 1.67 bits per heavy atom. The minimum Gasteiger partial charge on any atom is -0.394 e. The maximum absolute atomic E-state index is 11.7. The molecule has 36 heavy (non-hydrogen) atoms. The minimum absolute atomic E-state index is 0.0867. The van der Waals surface area contributed by atoms with Crippen LogP contribution in [0.1, 0.15) is 18.0 Å². The molecule has 0 spiro atoms. The molecule has 200 valence electrons. The Bertz CT molecular complexity index is 1100. The van der Waals surface area contributed by atoms with E-state index in [1.54, 1.807) is 6.92 Å². The Labute approximate surface area is 216 Å². The fourth-order valence-electron chi connectivity index (χ4n) is 3.62. The SMILES string of the molecule is Cc1cn([C@@H]2O[C@H](CO)[C@@H](O)[C@H]2O)c(=O)nc1N.Nc1nc(=O)n([C@@H]2O[C@H](CO)[C@@H](O)[C@H]2O)cc1I. The maximum Gasteiger partial charge on any atom is 0.351 e. The number of nitrogen functional groups attached to an aromatic ring is 2. The van der Waals surface area contributed by atoms with Gasteiger partial charge in [-0.25, -0.2) is 9.59 Å². The lowest BCUT2D eigenvalue weighted by Crippen LogP contribution is -2.36. The van der Waals surface area contributed by atoms with Crippen LogP contribution in [0.15, 0.2) is 22.0 Å². The minimum atomic E-state index is -1.32. The van der Waals surface area contributed by atoms with E-state index in [4.69, 9.17) is 31.2 Å². The highest BCUT2D eigenvalue weighted by Gasteiger charge is 2.44. The molecule has 4 rings (SSSR count). The summed E-state index contributed by atoms with van der Waals surface area (Å²) < 4.78 is 13.1. The van der Waals surface area contributed by atoms with E-state index < -0.39 is 73.7 Å². The molecule has 17 heteroatoms. The third kappa shape index (κ3) is 5.53. The van der Waals surface area contributed by atoms with Crippen molar-refractivity contribution in [2.75, 3.05) is 24.7 Å². The lowest BCUT2D eigenvalue weighted by molar-refractivity contribution is -0.0550. The molecule has 2 aliphatic rings. The third-order valence-electron chi connectivity index (χ3n) is 5.69. The number of halogens is 1. The van der Waals surface area contributed by atoms with Gasteiger partial charge in [0.2, 0.25) is 0 Å². The molecule has 0 radical (unpaired) electrons. The van der Waals surface area contributed by atoms with E-state index in [0.29, 0.717) is 9.13 Å². The van der Waals surface area contributed by atoms with E-state index in [2.05, 4.69) is 9.97 Å². The molecular weight excluding hydrogens is 599 g/mol. The molecule has 8 atom stereocenters. The van der Waals surface area contributed by atoms with Crippen molar-refractivity contribution in [1.29, 1.82) is 0 Å². The second kappa shape index (κ2) is 11.4. The van der Waals surface area contributed by atoms with Gasteiger partial charge in [0.1, 0.15) is 48.3 Å². The van der Waals surface area contributed by atoms with Gasteiger partial charge in [-0.1, -0.05) is 0 Å². The number of aliphatic hydroxyl groups is 6. The molecule has 16 nitrogen and oxygen atoms in total. The Morgan fingerprint density at radius 1 is 0.833 bits per heavy atom. The van der Waals surface area contributed by atoms with Crippen LogP contribution in [0.4, 0.5) is 11.6 Å². The molecule has 0 unspecified atom stereocenters. The zero-order chi connectivity index (χ0) is 26.9. The standard InChI is InChI=1S/C10H15N3O5.C9H12IN3O5/c1-4-2-13(10(17)12-8(4)11)9-7(16)6(15)5(3-14)18-9;10-3-1-13(9(17)12-7(3)11)8-6(16)5(15)4(2-14)18-8/h2,5-7,9,14-16H,3H2,1H3,(H2,11,12,17);1,4-6,8,14-16H,2H2,(H2,11,12,17)/t5-,6-,7-,9-;4-,5-,6-,8-/m11/s1. The number of hydrogen-bond donors (Lipinski definition) is 8. The summed E-state index contributed by atoms with van der Waals surface area (Å²) >= 11 is 1.88. The van der Waals surface area contributed by atoms with Crippen molar-refractivity contribution in [2.24, 2.45) is 0 Å². The number of hydrogen-bond acceptors (Lipinski definition) is 14. The van der Waals surface area contributed by atoms with Crippen LogP contribution in [0.3, 0.4) is 0 Å². The second-order valence-electron chi connectivity index (χ2n) is 8.12. The van der Waals surface area contributed by atoms with Crippen LogP contribution in [-0.4, -0.2) is 99.6 Å². The normalized spacial score (nSPS) is 31.8. The van der Waals surface area contributed by atoms with Crippen molar-refractivity contribution >= 4 is 34.2 Å². The molecule has 2 fully saturated rings. The molecule has 0 aliphatic carbocycles. The summed E-state index contributed by atoms with van der Waals surface area (Å²) in [6.07, 6.45) is -6.43. The van der Waals surface area contributed by atoms with Crippen molar-refractivity contribution in [3.63, 3.8) is 0 Å². The Kier molecular flexibility index (Phi) is 9.01. The molecule has 2 saturated heterocycles. The molecule has 2 aromatic rings. The molecular formula is C19H27IN6O10. The smallest absolute Gasteiger partial charge is 0.351 e. The number of rotatable bonds is 4. The highest BCUT2D eigenvalue weighted by molar-refractivity contribution is 14.1. The Balaban J connectivity index is 0.000000201. The van der Waals surface area contributed by atoms with Crippen molar-refractivity contribution in [2.45, 2.75) is 56.0 Å². The van der Waals surface area contributed by atoms with Crippen LogP contribution in [0.25, 0.3) is 0 Å². The average molecular weight is 626 g/mol. The maximum atomic E-state index is 11.7. The van der Waals surface area contributed by atoms with Crippen LogP contribution in [0, 0.1) is 10.5 Å². The molecule has 2 aliphatic heterocycles. The fourth-order valence-corrected chi connectivity index (χ4v) is 4.04. The Hall–Kier alpha value is -2.23.